The summed E-state index contributed by atoms with van der Waals surface area (Å²) in [7, 11) is 0. The number of likely N-dealkylation sites (tertiary alicyclic amines) is 1. The summed E-state index contributed by atoms with van der Waals surface area (Å²) in [6, 6.07) is 10.1. The first-order valence-corrected chi connectivity index (χ1v) is 9.26. The summed E-state index contributed by atoms with van der Waals surface area (Å²) in [4.78, 5) is 2.69. The van der Waals surface area contributed by atoms with Gasteiger partial charge >= 0.3 is 0 Å². The minimum atomic E-state index is 0.483. The predicted octanol–water partition coefficient (Wildman–Crippen LogP) is 4.75. The topological polar surface area (TPSA) is 15.3 Å². The number of nitrogens with zero attached hydrogens (tertiary/aromatic N) is 1. The molecule has 1 aromatic rings. The first kappa shape index (κ1) is 17.0. The highest BCUT2D eigenvalue weighted by Crippen LogP contribution is 2.24. The molecule has 21 heavy (non-hydrogen) atoms. The average molecular weight is 353 g/mol. The van der Waals surface area contributed by atoms with Crippen molar-refractivity contribution in [3.05, 3.63) is 34.3 Å². The maximum atomic E-state index is 3.72. The summed E-state index contributed by atoms with van der Waals surface area (Å²) in [6.07, 6.45) is 6.46. The van der Waals surface area contributed by atoms with Gasteiger partial charge < -0.3 is 10.2 Å². The zero-order chi connectivity index (χ0) is 15.1. The Hall–Kier alpha value is -0.380. The van der Waals surface area contributed by atoms with Gasteiger partial charge in [-0.25, -0.2) is 0 Å². The highest BCUT2D eigenvalue weighted by Gasteiger charge is 2.23. The van der Waals surface area contributed by atoms with E-state index in [1.807, 2.05) is 0 Å². The molecule has 0 spiro atoms. The van der Waals surface area contributed by atoms with Crippen molar-refractivity contribution in [2.24, 2.45) is 0 Å². The molecule has 2 rings (SSSR count). The Morgan fingerprint density at radius 2 is 2.05 bits per heavy atom. The van der Waals surface area contributed by atoms with Crippen LogP contribution in [0.15, 0.2) is 28.7 Å². The van der Waals surface area contributed by atoms with E-state index in [0.29, 0.717) is 6.04 Å². The minimum absolute atomic E-state index is 0.483. The molecule has 2 unspecified atom stereocenters. The Labute approximate surface area is 138 Å². The lowest BCUT2D eigenvalue weighted by molar-refractivity contribution is 0.234. The maximum Gasteiger partial charge on any atom is 0.0332 e. The van der Waals surface area contributed by atoms with Crippen LogP contribution in [0, 0.1) is 0 Å². The zero-order valence-corrected chi connectivity index (χ0v) is 15.0. The molecule has 1 aromatic carbocycles. The smallest absolute Gasteiger partial charge is 0.0332 e. The summed E-state index contributed by atoms with van der Waals surface area (Å²) in [5.41, 5.74) is 1.42. The molecule has 2 nitrogen and oxygen atoms in total. The van der Waals surface area contributed by atoms with Crippen molar-refractivity contribution >= 4 is 15.9 Å². The lowest BCUT2D eigenvalue weighted by Crippen LogP contribution is -2.33. The quantitative estimate of drug-likeness (QED) is 0.725. The van der Waals surface area contributed by atoms with Crippen molar-refractivity contribution in [2.45, 2.75) is 58.0 Å². The summed E-state index contributed by atoms with van der Waals surface area (Å²) < 4.78 is 1.16. The maximum absolute atomic E-state index is 3.72. The third-order valence-corrected chi connectivity index (χ3v) is 5.12. The molecule has 0 saturated carbocycles. The van der Waals surface area contributed by atoms with E-state index in [4.69, 9.17) is 0 Å². The summed E-state index contributed by atoms with van der Waals surface area (Å²) in [6.45, 7) is 8.16. The van der Waals surface area contributed by atoms with Crippen LogP contribution in [0.25, 0.3) is 0 Å². The highest BCUT2D eigenvalue weighted by atomic mass is 79.9. The molecule has 0 bridgehead atoms. The van der Waals surface area contributed by atoms with Gasteiger partial charge in [-0.3, -0.25) is 0 Å². The van der Waals surface area contributed by atoms with Crippen LogP contribution < -0.4 is 5.32 Å². The van der Waals surface area contributed by atoms with Gasteiger partial charge in [-0.15, -0.1) is 0 Å². The van der Waals surface area contributed by atoms with Crippen LogP contribution in [0.5, 0.6) is 0 Å². The molecule has 1 saturated heterocycles. The van der Waals surface area contributed by atoms with E-state index >= 15 is 0 Å². The van der Waals surface area contributed by atoms with Gasteiger partial charge in [0, 0.05) is 23.1 Å². The fourth-order valence-corrected chi connectivity index (χ4v) is 3.61. The molecule has 1 aliphatic rings. The van der Waals surface area contributed by atoms with Crippen molar-refractivity contribution in [3.63, 3.8) is 0 Å². The number of hydrogen-bond acceptors (Lipinski definition) is 2. The summed E-state index contributed by atoms with van der Waals surface area (Å²) >= 11 is 3.53. The summed E-state index contributed by atoms with van der Waals surface area (Å²) in [5.74, 6) is 0. The molecule has 0 aliphatic carbocycles. The average Bonchev–Trinajstić information content (AvgIpc) is 2.96. The van der Waals surface area contributed by atoms with E-state index in [2.05, 4.69) is 64.3 Å². The Morgan fingerprint density at radius 3 is 2.71 bits per heavy atom. The molecule has 3 heteroatoms. The highest BCUT2D eigenvalue weighted by molar-refractivity contribution is 9.10. The largest absolute Gasteiger partial charge is 0.310 e. The Kier molecular flexibility index (Phi) is 7.21. The van der Waals surface area contributed by atoms with E-state index in [1.165, 1.54) is 50.8 Å². The van der Waals surface area contributed by atoms with Crippen LogP contribution in [0.4, 0.5) is 0 Å². The number of benzene rings is 1. The van der Waals surface area contributed by atoms with E-state index in [1.54, 1.807) is 0 Å². The lowest BCUT2D eigenvalue weighted by atomic mass is 10.0. The van der Waals surface area contributed by atoms with Crippen molar-refractivity contribution in [1.29, 1.82) is 0 Å². The Morgan fingerprint density at radius 1 is 1.29 bits per heavy atom. The number of hydrogen-bond donors (Lipinski definition) is 1. The molecule has 1 heterocycles. The van der Waals surface area contributed by atoms with Crippen molar-refractivity contribution in [1.82, 2.24) is 10.2 Å². The van der Waals surface area contributed by atoms with E-state index in [-0.39, 0.29) is 0 Å². The van der Waals surface area contributed by atoms with E-state index in [0.717, 1.165) is 17.1 Å². The van der Waals surface area contributed by atoms with Gasteiger partial charge in [0.15, 0.2) is 0 Å². The van der Waals surface area contributed by atoms with Gasteiger partial charge in [0.05, 0.1) is 0 Å². The molecular formula is C18H29BrN2. The fourth-order valence-electron chi connectivity index (χ4n) is 3.35. The number of nitrogens with one attached hydrogen (secondary N) is 1. The lowest BCUT2D eigenvalue weighted by Gasteiger charge is -2.27. The molecule has 1 N–H and O–H groups in total. The second-order valence-corrected chi connectivity index (χ2v) is 7.00. The van der Waals surface area contributed by atoms with Crippen LogP contribution >= 0.6 is 15.9 Å². The van der Waals surface area contributed by atoms with Crippen LogP contribution in [0.2, 0.25) is 0 Å². The molecule has 1 fully saturated rings. The normalized spacial score (nSPS) is 20.8. The molecule has 0 amide bonds. The Balaban J connectivity index is 1.94. The number of halogens is 1. The van der Waals surface area contributed by atoms with Crippen LogP contribution in [0.3, 0.4) is 0 Å². The van der Waals surface area contributed by atoms with Gasteiger partial charge in [0.2, 0.25) is 0 Å². The van der Waals surface area contributed by atoms with Gasteiger partial charge in [-0.05, 0) is 62.9 Å². The van der Waals surface area contributed by atoms with Crippen molar-refractivity contribution in [3.8, 4) is 0 Å². The standard InChI is InChI=1S/C18H29BrN2/c1-3-12-20-18(15-7-9-16(19)10-8-15)11-14-21-13-5-6-17(21)4-2/h7-10,17-18,20H,3-6,11-14H2,1-2H3. The first-order valence-electron chi connectivity index (χ1n) is 8.47. The minimum Gasteiger partial charge on any atom is -0.310 e. The second-order valence-electron chi connectivity index (χ2n) is 6.09. The second kappa shape index (κ2) is 8.92. The van der Waals surface area contributed by atoms with Crippen LogP contribution in [-0.4, -0.2) is 30.6 Å². The van der Waals surface area contributed by atoms with Crippen molar-refractivity contribution < 1.29 is 0 Å². The Bertz CT molecular complexity index is 404. The third kappa shape index (κ3) is 5.08. The fraction of sp³-hybridized carbons (Fsp3) is 0.667. The molecule has 0 radical (unpaired) electrons. The monoisotopic (exact) mass is 352 g/mol. The SMILES string of the molecule is CCCNC(CCN1CCCC1CC)c1ccc(Br)cc1. The predicted molar refractivity (Wildman–Crippen MR) is 94.7 cm³/mol. The first-order chi connectivity index (χ1) is 10.2. The molecule has 2 atom stereocenters. The van der Waals surface area contributed by atoms with Gasteiger partial charge in [-0.2, -0.15) is 0 Å². The summed E-state index contributed by atoms with van der Waals surface area (Å²) in [5, 5.41) is 3.72. The molecule has 118 valence electrons. The molecular weight excluding hydrogens is 324 g/mol. The van der Waals surface area contributed by atoms with Gasteiger partial charge in [0.25, 0.3) is 0 Å². The molecule has 1 aliphatic heterocycles. The zero-order valence-electron chi connectivity index (χ0n) is 13.4. The van der Waals surface area contributed by atoms with E-state index in [9.17, 15) is 0 Å². The van der Waals surface area contributed by atoms with Crippen LogP contribution in [-0.2, 0) is 0 Å². The van der Waals surface area contributed by atoms with E-state index < -0.39 is 0 Å². The van der Waals surface area contributed by atoms with Gasteiger partial charge in [-0.1, -0.05) is 41.9 Å². The van der Waals surface area contributed by atoms with Gasteiger partial charge in [0.1, 0.15) is 0 Å². The number of rotatable bonds is 8. The van der Waals surface area contributed by atoms with Crippen LogP contribution in [0.1, 0.15) is 57.6 Å². The third-order valence-electron chi connectivity index (χ3n) is 4.59. The molecule has 0 aromatic heterocycles. The van der Waals surface area contributed by atoms with Crippen molar-refractivity contribution in [2.75, 3.05) is 19.6 Å².